The van der Waals surface area contributed by atoms with Crippen molar-refractivity contribution in [3.8, 4) is 5.75 Å². The Balaban J connectivity index is 1.57. The highest BCUT2D eigenvalue weighted by atomic mass is 35.5. The zero-order valence-corrected chi connectivity index (χ0v) is 19.2. The molecule has 3 N–H and O–H groups in total. The van der Waals surface area contributed by atoms with Crippen LogP contribution in [0.4, 0.5) is 17.6 Å². The van der Waals surface area contributed by atoms with Crippen molar-refractivity contribution in [2.24, 2.45) is 0 Å². The summed E-state index contributed by atoms with van der Waals surface area (Å²) in [6.07, 6.45) is 0. The van der Waals surface area contributed by atoms with Crippen LogP contribution in [0.25, 0.3) is 11.0 Å². The van der Waals surface area contributed by atoms with E-state index in [1.165, 1.54) is 11.8 Å². The molecule has 0 saturated carbocycles. The molecule has 0 aliphatic rings. The molecule has 0 aliphatic carbocycles. The maximum atomic E-state index is 6.14. The molecule has 11 heteroatoms. The quantitative estimate of drug-likeness (QED) is 0.347. The Morgan fingerprint density at radius 1 is 1.09 bits per heavy atom. The summed E-state index contributed by atoms with van der Waals surface area (Å²) < 4.78 is 12.7. The summed E-state index contributed by atoms with van der Waals surface area (Å²) in [5, 5.41) is 4.60. The first-order chi connectivity index (χ1) is 15.6. The Morgan fingerprint density at radius 3 is 2.75 bits per heavy atom. The van der Waals surface area contributed by atoms with Crippen molar-refractivity contribution >= 4 is 52.0 Å². The lowest BCUT2D eigenvalue weighted by atomic mass is 10.3. The van der Waals surface area contributed by atoms with E-state index in [0.29, 0.717) is 41.4 Å². The second-order valence-electron chi connectivity index (χ2n) is 6.72. The fourth-order valence-electron chi connectivity index (χ4n) is 3.15. The van der Waals surface area contributed by atoms with Gasteiger partial charge in [0.2, 0.25) is 11.9 Å². The number of nitrogens with one attached hydrogen (secondary N) is 1. The van der Waals surface area contributed by atoms with Gasteiger partial charge in [-0.1, -0.05) is 35.5 Å². The Labute approximate surface area is 194 Å². The number of hydrogen-bond acceptors (Lipinski definition) is 9. The van der Waals surface area contributed by atoms with Gasteiger partial charge in [-0.15, -0.1) is 0 Å². The number of methoxy groups -OCH3 is 2. The average Bonchev–Trinajstić information content (AvgIpc) is 3.12. The Bertz CT molecular complexity index is 1230. The average molecular weight is 472 g/mol. The smallest absolute Gasteiger partial charge is 0.232 e. The predicted octanol–water partition coefficient (Wildman–Crippen LogP) is 4.15. The van der Waals surface area contributed by atoms with E-state index in [4.69, 9.17) is 31.8 Å². The zero-order valence-electron chi connectivity index (χ0n) is 17.6. The normalized spacial score (nSPS) is 11.1. The lowest BCUT2D eigenvalue weighted by molar-refractivity contribution is 0.186. The topological polar surface area (TPSA) is 113 Å². The van der Waals surface area contributed by atoms with Gasteiger partial charge in [0.05, 0.1) is 36.2 Å². The first kappa shape index (κ1) is 22.1. The lowest BCUT2D eigenvalue weighted by Gasteiger charge is -2.11. The first-order valence-electron chi connectivity index (χ1n) is 9.75. The Kier molecular flexibility index (Phi) is 6.93. The number of aromatic nitrogens is 5. The van der Waals surface area contributed by atoms with Gasteiger partial charge in [0.1, 0.15) is 11.6 Å². The van der Waals surface area contributed by atoms with Gasteiger partial charge in [-0.05, 0) is 30.3 Å². The standard InChI is InChI=1S/C21H22ClN7O2S/c1-30-10-9-29-16-8-7-13(22)11-15(16)25-21(29)32-12-18-26-19(23)28-20(27-18)24-14-5-3-4-6-17(14)31-2/h3-8,11H,9-10,12H2,1-2H3,(H3,23,24,26,27,28). The number of anilines is 3. The van der Waals surface area contributed by atoms with Gasteiger partial charge in [-0.2, -0.15) is 15.0 Å². The van der Waals surface area contributed by atoms with E-state index in [2.05, 4.69) is 24.8 Å². The minimum Gasteiger partial charge on any atom is -0.495 e. The molecule has 166 valence electrons. The Morgan fingerprint density at radius 2 is 1.94 bits per heavy atom. The third-order valence-electron chi connectivity index (χ3n) is 4.58. The molecule has 2 aromatic carbocycles. The van der Waals surface area contributed by atoms with Crippen LogP contribution in [-0.4, -0.2) is 45.3 Å². The second kappa shape index (κ2) is 10.0. The van der Waals surface area contributed by atoms with Gasteiger partial charge in [0, 0.05) is 18.7 Å². The molecule has 0 saturated heterocycles. The van der Waals surface area contributed by atoms with E-state index in [-0.39, 0.29) is 5.95 Å². The fraction of sp³-hybridized carbons (Fsp3) is 0.238. The molecule has 4 aromatic rings. The van der Waals surface area contributed by atoms with E-state index in [1.54, 1.807) is 14.2 Å². The molecule has 0 bridgehead atoms. The van der Waals surface area contributed by atoms with Crippen LogP contribution >= 0.6 is 23.4 Å². The zero-order chi connectivity index (χ0) is 22.5. The van der Waals surface area contributed by atoms with Crippen LogP contribution in [-0.2, 0) is 17.0 Å². The van der Waals surface area contributed by atoms with E-state index in [0.717, 1.165) is 21.9 Å². The summed E-state index contributed by atoms with van der Waals surface area (Å²) in [7, 11) is 3.28. The fourth-order valence-corrected chi connectivity index (χ4v) is 4.21. The molecular formula is C21H22ClN7O2S. The third kappa shape index (κ3) is 5.04. The van der Waals surface area contributed by atoms with Crippen molar-refractivity contribution in [3.63, 3.8) is 0 Å². The third-order valence-corrected chi connectivity index (χ3v) is 5.78. The number of halogens is 1. The van der Waals surface area contributed by atoms with Crippen LogP contribution in [0.2, 0.25) is 5.02 Å². The number of benzene rings is 2. The molecule has 0 aliphatic heterocycles. The summed E-state index contributed by atoms with van der Waals surface area (Å²) in [6, 6.07) is 13.2. The summed E-state index contributed by atoms with van der Waals surface area (Å²) in [5.74, 6) is 2.14. The lowest BCUT2D eigenvalue weighted by Crippen LogP contribution is -2.08. The van der Waals surface area contributed by atoms with Crippen LogP contribution in [0.3, 0.4) is 0 Å². The molecule has 32 heavy (non-hydrogen) atoms. The molecule has 2 heterocycles. The van der Waals surface area contributed by atoms with Crippen LogP contribution in [0.5, 0.6) is 5.75 Å². The molecule has 2 aromatic heterocycles. The van der Waals surface area contributed by atoms with Gasteiger partial charge in [0.25, 0.3) is 0 Å². The van der Waals surface area contributed by atoms with Crippen molar-refractivity contribution in [2.75, 3.05) is 31.9 Å². The van der Waals surface area contributed by atoms with Crippen LogP contribution in [0.1, 0.15) is 5.82 Å². The minimum atomic E-state index is 0.132. The van der Waals surface area contributed by atoms with Crippen LogP contribution in [0.15, 0.2) is 47.6 Å². The van der Waals surface area contributed by atoms with Gasteiger partial charge < -0.3 is 25.1 Å². The highest BCUT2D eigenvalue weighted by Crippen LogP contribution is 2.29. The largest absolute Gasteiger partial charge is 0.495 e. The highest BCUT2D eigenvalue weighted by molar-refractivity contribution is 7.98. The van der Waals surface area contributed by atoms with Crippen LogP contribution < -0.4 is 15.8 Å². The Hall–Kier alpha value is -3.08. The number of imidazole rings is 1. The summed E-state index contributed by atoms with van der Waals surface area (Å²) >= 11 is 7.65. The number of para-hydroxylation sites is 2. The van der Waals surface area contributed by atoms with Crippen molar-refractivity contribution < 1.29 is 9.47 Å². The van der Waals surface area contributed by atoms with Crippen molar-refractivity contribution in [2.45, 2.75) is 17.5 Å². The number of nitrogen functional groups attached to an aromatic ring is 1. The van der Waals surface area contributed by atoms with E-state index < -0.39 is 0 Å². The van der Waals surface area contributed by atoms with Crippen molar-refractivity contribution in [1.29, 1.82) is 0 Å². The summed E-state index contributed by atoms with van der Waals surface area (Å²) in [4.78, 5) is 17.7. The monoisotopic (exact) mass is 471 g/mol. The number of hydrogen-bond donors (Lipinski definition) is 2. The molecule has 0 unspecified atom stereocenters. The molecule has 4 rings (SSSR count). The number of rotatable bonds is 9. The SMILES string of the molecule is COCCn1c(SCc2nc(N)nc(Nc3ccccc3OC)n2)nc2cc(Cl)ccc21. The molecule has 0 amide bonds. The van der Waals surface area contributed by atoms with Gasteiger partial charge in [-0.3, -0.25) is 0 Å². The number of fused-ring (bicyclic) bond motifs is 1. The van der Waals surface area contributed by atoms with E-state index in [9.17, 15) is 0 Å². The number of nitrogens with zero attached hydrogens (tertiary/aromatic N) is 5. The van der Waals surface area contributed by atoms with Crippen LogP contribution in [0, 0.1) is 0 Å². The maximum absolute atomic E-state index is 6.14. The minimum absolute atomic E-state index is 0.132. The van der Waals surface area contributed by atoms with Gasteiger partial charge in [-0.25, -0.2) is 4.98 Å². The van der Waals surface area contributed by atoms with E-state index >= 15 is 0 Å². The molecule has 0 atom stereocenters. The van der Waals surface area contributed by atoms with Crippen molar-refractivity contribution in [3.05, 3.63) is 53.3 Å². The first-order valence-corrected chi connectivity index (χ1v) is 11.1. The van der Waals surface area contributed by atoms with Crippen molar-refractivity contribution in [1.82, 2.24) is 24.5 Å². The molecule has 0 spiro atoms. The molecule has 9 nitrogen and oxygen atoms in total. The molecule has 0 radical (unpaired) electrons. The van der Waals surface area contributed by atoms with Gasteiger partial charge in [0.15, 0.2) is 5.16 Å². The van der Waals surface area contributed by atoms with Gasteiger partial charge >= 0.3 is 0 Å². The highest BCUT2D eigenvalue weighted by Gasteiger charge is 2.14. The number of thioether (sulfide) groups is 1. The summed E-state index contributed by atoms with van der Waals surface area (Å²) in [5.41, 5.74) is 8.48. The number of ether oxygens (including phenoxy) is 2. The summed E-state index contributed by atoms with van der Waals surface area (Å²) in [6.45, 7) is 1.23. The van der Waals surface area contributed by atoms with E-state index in [1.807, 2.05) is 42.5 Å². The molecule has 0 fully saturated rings. The maximum Gasteiger partial charge on any atom is 0.232 e. The predicted molar refractivity (Wildman–Crippen MR) is 127 cm³/mol. The second-order valence-corrected chi connectivity index (χ2v) is 8.10. The molecular weight excluding hydrogens is 450 g/mol. The number of nitrogens with two attached hydrogens (primary N) is 1.